The van der Waals surface area contributed by atoms with E-state index in [0.717, 1.165) is 37.4 Å². The summed E-state index contributed by atoms with van der Waals surface area (Å²) in [5.41, 5.74) is 4.00. The van der Waals surface area contributed by atoms with E-state index in [1.54, 1.807) is 6.20 Å². The number of aromatic nitrogens is 1. The van der Waals surface area contributed by atoms with E-state index in [2.05, 4.69) is 34.3 Å². The van der Waals surface area contributed by atoms with Crippen LogP contribution in [-0.4, -0.2) is 61.2 Å². The highest BCUT2D eigenvalue weighted by Gasteiger charge is 2.25. The van der Waals surface area contributed by atoms with Crippen molar-refractivity contribution in [3.05, 3.63) is 24.0 Å². The van der Waals surface area contributed by atoms with Gasteiger partial charge in [-0.25, -0.2) is 0 Å². The van der Waals surface area contributed by atoms with Crippen LogP contribution >= 0.6 is 0 Å². The van der Waals surface area contributed by atoms with Crippen LogP contribution in [0.25, 0.3) is 0 Å². The van der Waals surface area contributed by atoms with Gasteiger partial charge in [-0.3, -0.25) is 16.3 Å². The fourth-order valence-corrected chi connectivity index (χ4v) is 2.80. The van der Waals surface area contributed by atoms with Crippen molar-refractivity contribution >= 4 is 0 Å². The molecule has 1 saturated heterocycles. The molecule has 6 nitrogen and oxygen atoms in total. The molecular weight excluding hydrogens is 266 g/mol. The Balaban J connectivity index is 2.06. The van der Waals surface area contributed by atoms with Gasteiger partial charge in [0.2, 0.25) is 0 Å². The monoisotopic (exact) mass is 293 g/mol. The minimum atomic E-state index is 0.0804. The van der Waals surface area contributed by atoms with Crippen molar-refractivity contribution in [2.45, 2.75) is 25.4 Å². The molecule has 118 valence electrons. The Morgan fingerprint density at radius 2 is 2.24 bits per heavy atom. The molecule has 2 unspecified atom stereocenters. The molecule has 1 aliphatic rings. The van der Waals surface area contributed by atoms with Gasteiger partial charge < -0.3 is 14.5 Å². The minimum absolute atomic E-state index is 0.0804. The lowest BCUT2D eigenvalue weighted by Crippen LogP contribution is -2.51. The Morgan fingerprint density at radius 1 is 1.43 bits per heavy atom. The van der Waals surface area contributed by atoms with E-state index in [4.69, 9.17) is 10.6 Å². The minimum Gasteiger partial charge on any atom is -0.492 e. The van der Waals surface area contributed by atoms with E-state index < -0.39 is 0 Å². The van der Waals surface area contributed by atoms with Crippen molar-refractivity contribution < 1.29 is 4.74 Å². The molecule has 2 atom stereocenters. The van der Waals surface area contributed by atoms with Crippen LogP contribution in [0.5, 0.6) is 5.75 Å². The van der Waals surface area contributed by atoms with Crippen molar-refractivity contribution in [1.29, 1.82) is 0 Å². The third-order valence-corrected chi connectivity index (χ3v) is 4.14. The highest BCUT2D eigenvalue weighted by molar-refractivity contribution is 5.26. The summed E-state index contributed by atoms with van der Waals surface area (Å²) in [5, 5.41) is 0. The number of likely N-dealkylation sites (N-methyl/N-ethyl adjacent to an activating group) is 2. The van der Waals surface area contributed by atoms with Gasteiger partial charge in [0.25, 0.3) is 0 Å². The summed E-state index contributed by atoms with van der Waals surface area (Å²) >= 11 is 0. The average Bonchev–Trinajstić information content (AvgIpc) is 2.49. The van der Waals surface area contributed by atoms with Crippen LogP contribution in [0.1, 0.15) is 24.9 Å². The molecular formula is C15H27N5O. The Hall–Kier alpha value is -1.21. The zero-order valence-electron chi connectivity index (χ0n) is 13.2. The van der Waals surface area contributed by atoms with E-state index in [1.807, 2.05) is 19.2 Å². The van der Waals surface area contributed by atoms with Gasteiger partial charge in [-0.15, -0.1) is 0 Å². The third-order valence-electron chi connectivity index (χ3n) is 4.14. The summed E-state index contributed by atoms with van der Waals surface area (Å²) in [6.45, 7) is 5.89. The molecule has 1 aliphatic heterocycles. The van der Waals surface area contributed by atoms with Gasteiger partial charge in [0.1, 0.15) is 5.75 Å². The molecule has 1 aromatic rings. The number of nitrogens with zero attached hydrogens (tertiary/aromatic N) is 3. The number of nitrogens with one attached hydrogen (secondary N) is 1. The molecule has 21 heavy (non-hydrogen) atoms. The van der Waals surface area contributed by atoms with Gasteiger partial charge in [0.15, 0.2) is 0 Å². The number of nitrogens with two attached hydrogens (primary N) is 1. The predicted octanol–water partition coefficient (Wildman–Crippen LogP) is 0.621. The van der Waals surface area contributed by atoms with Crippen LogP contribution in [0.2, 0.25) is 0 Å². The third kappa shape index (κ3) is 4.38. The summed E-state index contributed by atoms with van der Waals surface area (Å²) in [6, 6.07) is 2.59. The van der Waals surface area contributed by atoms with Crippen molar-refractivity contribution in [3.8, 4) is 5.75 Å². The summed E-state index contributed by atoms with van der Waals surface area (Å²) < 4.78 is 5.52. The number of piperazine rings is 1. The Bertz CT molecular complexity index is 442. The largest absolute Gasteiger partial charge is 0.492 e. The van der Waals surface area contributed by atoms with Gasteiger partial charge in [-0.2, -0.15) is 0 Å². The standard InChI is InChI=1S/C15H27N5O/c1-4-21-14-7-12(9-17-10-14)15(18-16)8-13-11-19(2)5-6-20(13)3/h7,9-10,13,15,18H,4-6,8,11,16H2,1-3H3. The predicted molar refractivity (Wildman–Crippen MR) is 84.0 cm³/mol. The molecule has 0 spiro atoms. The zero-order chi connectivity index (χ0) is 15.2. The van der Waals surface area contributed by atoms with E-state index in [0.29, 0.717) is 12.6 Å². The molecule has 1 aromatic heterocycles. The smallest absolute Gasteiger partial charge is 0.137 e. The normalized spacial score (nSPS) is 22.2. The molecule has 0 aromatic carbocycles. The first-order valence-corrected chi connectivity index (χ1v) is 7.56. The topological polar surface area (TPSA) is 66.7 Å². The van der Waals surface area contributed by atoms with Gasteiger partial charge in [-0.1, -0.05) is 0 Å². The molecule has 0 aliphatic carbocycles. The molecule has 3 N–H and O–H groups in total. The van der Waals surface area contributed by atoms with E-state index in [1.165, 1.54) is 0 Å². The zero-order valence-corrected chi connectivity index (χ0v) is 13.2. The van der Waals surface area contributed by atoms with Crippen LogP contribution in [0.3, 0.4) is 0 Å². The summed E-state index contributed by atoms with van der Waals surface area (Å²) in [5.74, 6) is 6.57. The summed E-state index contributed by atoms with van der Waals surface area (Å²) in [6.07, 6.45) is 4.55. The number of ether oxygens (including phenoxy) is 1. The van der Waals surface area contributed by atoms with Crippen LogP contribution in [0, 0.1) is 0 Å². The Kier molecular flexibility index (Phi) is 5.93. The summed E-state index contributed by atoms with van der Waals surface area (Å²) in [4.78, 5) is 9.03. The second-order valence-electron chi connectivity index (χ2n) is 5.74. The highest BCUT2D eigenvalue weighted by atomic mass is 16.5. The first-order chi connectivity index (χ1) is 10.1. The van der Waals surface area contributed by atoms with Gasteiger partial charge >= 0.3 is 0 Å². The molecule has 0 bridgehead atoms. The Labute approximate surface area is 127 Å². The number of hydrogen-bond donors (Lipinski definition) is 2. The van der Waals surface area contributed by atoms with E-state index in [-0.39, 0.29) is 6.04 Å². The van der Waals surface area contributed by atoms with Crippen molar-refractivity contribution in [1.82, 2.24) is 20.2 Å². The molecule has 2 heterocycles. The van der Waals surface area contributed by atoms with E-state index >= 15 is 0 Å². The van der Waals surface area contributed by atoms with Crippen LogP contribution in [0.4, 0.5) is 0 Å². The molecule has 0 amide bonds. The van der Waals surface area contributed by atoms with Gasteiger partial charge in [-0.05, 0) is 39.1 Å². The van der Waals surface area contributed by atoms with Gasteiger partial charge in [0.05, 0.1) is 12.8 Å². The van der Waals surface area contributed by atoms with Crippen LogP contribution in [0.15, 0.2) is 18.5 Å². The number of rotatable bonds is 6. The first-order valence-electron chi connectivity index (χ1n) is 7.56. The maximum atomic E-state index is 5.78. The van der Waals surface area contributed by atoms with E-state index in [9.17, 15) is 0 Å². The fourth-order valence-electron chi connectivity index (χ4n) is 2.80. The highest BCUT2D eigenvalue weighted by Crippen LogP contribution is 2.24. The van der Waals surface area contributed by atoms with Crippen molar-refractivity contribution in [2.75, 3.05) is 40.3 Å². The quantitative estimate of drug-likeness (QED) is 0.592. The lowest BCUT2D eigenvalue weighted by molar-refractivity contribution is 0.101. The second kappa shape index (κ2) is 7.70. The Morgan fingerprint density at radius 3 is 2.95 bits per heavy atom. The summed E-state index contributed by atoms with van der Waals surface area (Å²) in [7, 11) is 4.35. The first kappa shape index (κ1) is 16.2. The second-order valence-corrected chi connectivity index (χ2v) is 5.74. The van der Waals surface area contributed by atoms with Crippen molar-refractivity contribution in [3.63, 3.8) is 0 Å². The molecule has 6 heteroatoms. The number of hydrazine groups is 1. The van der Waals surface area contributed by atoms with Crippen LogP contribution in [-0.2, 0) is 0 Å². The van der Waals surface area contributed by atoms with Gasteiger partial charge in [0, 0.05) is 37.9 Å². The number of hydrogen-bond acceptors (Lipinski definition) is 6. The maximum absolute atomic E-state index is 5.78. The maximum Gasteiger partial charge on any atom is 0.137 e. The average molecular weight is 293 g/mol. The fraction of sp³-hybridized carbons (Fsp3) is 0.667. The number of pyridine rings is 1. The SMILES string of the molecule is CCOc1cncc(C(CC2CN(C)CCN2C)NN)c1. The molecule has 1 fully saturated rings. The lowest BCUT2D eigenvalue weighted by Gasteiger charge is -2.39. The van der Waals surface area contributed by atoms with Crippen molar-refractivity contribution in [2.24, 2.45) is 5.84 Å². The molecule has 0 saturated carbocycles. The molecule has 2 rings (SSSR count). The lowest BCUT2D eigenvalue weighted by atomic mass is 9.98. The molecule has 0 radical (unpaired) electrons. The van der Waals surface area contributed by atoms with Crippen LogP contribution < -0.4 is 16.0 Å².